The highest BCUT2D eigenvalue weighted by molar-refractivity contribution is 5.94. The number of carbonyl (C=O) groups is 2. The van der Waals surface area contributed by atoms with Crippen molar-refractivity contribution >= 4 is 18.0 Å². The first-order valence-electron chi connectivity index (χ1n) is 6.16. The summed E-state index contributed by atoms with van der Waals surface area (Å²) in [7, 11) is 0. The molecule has 1 amide bonds. The van der Waals surface area contributed by atoms with Crippen LogP contribution in [0.2, 0.25) is 0 Å². The molecule has 1 fully saturated rings. The topological polar surface area (TPSA) is 57.6 Å². The predicted molar refractivity (Wildman–Crippen MR) is 67.8 cm³/mol. The van der Waals surface area contributed by atoms with Crippen LogP contribution in [-0.2, 0) is 9.59 Å². The number of likely N-dealkylation sites (tertiary alicyclic amines) is 1. The molecule has 1 aliphatic heterocycles. The number of carboxylic acids is 1. The Morgan fingerprint density at radius 2 is 1.95 bits per heavy atom. The second-order valence-electron chi connectivity index (χ2n) is 4.50. The van der Waals surface area contributed by atoms with E-state index in [0.717, 1.165) is 24.3 Å². The van der Waals surface area contributed by atoms with Crippen molar-refractivity contribution < 1.29 is 23.5 Å². The third kappa shape index (κ3) is 2.84. The van der Waals surface area contributed by atoms with Crippen molar-refractivity contribution in [3.63, 3.8) is 0 Å². The summed E-state index contributed by atoms with van der Waals surface area (Å²) in [4.78, 5) is 24.0. The Labute approximate surface area is 114 Å². The summed E-state index contributed by atoms with van der Waals surface area (Å²) in [6.45, 7) is 0.333. The number of carbonyl (C=O) groups excluding carboxylic acids is 1. The minimum atomic E-state index is -1.07. The fraction of sp³-hybridized carbons (Fsp3) is 0.286. The third-order valence-electron chi connectivity index (χ3n) is 3.21. The Bertz CT molecular complexity index is 551. The van der Waals surface area contributed by atoms with Gasteiger partial charge in [-0.3, -0.25) is 4.79 Å². The Kier molecular flexibility index (Phi) is 4.12. The molecule has 1 atom stereocenters. The van der Waals surface area contributed by atoms with E-state index in [9.17, 15) is 18.4 Å². The number of carboxylic acid groups (broad SMARTS) is 1. The van der Waals surface area contributed by atoms with E-state index in [0.29, 0.717) is 19.4 Å². The summed E-state index contributed by atoms with van der Waals surface area (Å²) in [6, 6.07) is 2.54. The number of hydrogen-bond donors (Lipinski definition) is 1. The molecule has 4 nitrogen and oxygen atoms in total. The van der Waals surface area contributed by atoms with Crippen LogP contribution in [0, 0.1) is 11.6 Å². The van der Waals surface area contributed by atoms with Crippen LogP contribution in [0.15, 0.2) is 24.3 Å². The zero-order chi connectivity index (χ0) is 14.7. The molecule has 1 aliphatic rings. The van der Waals surface area contributed by atoms with Gasteiger partial charge in [0.15, 0.2) is 0 Å². The lowest BCUT2D eigenvalue weighted by atomic mass is 10.1. The molecule has 0 saturated carbocycles. The van der Waals surface area contributed by atoms with Gasteiger partial charge < -0.3 is 10.0 Å². The van der Waals surface area contributed by atoms with E-state index in [1.165, 1.54) is 11.0 Å². The van der Waals surface area contributed by atoms with Gasteiger partial charge in [-0.05, 0) is 31.1 Å². The van der Waals surface area contributed by atoms with Crippen LogP contribution in [0.4, 0.5) is 8.78 Å². The molecule has 0 aromatic heterocycles. The van der Waals surface area contributed by atoms with Crippen LogP contribution < -0.4 is 0 Å². The monoisotopic (exact) mass is 281 g/mol. The molecule has 1 N–H and O–H groups in total. The van der Waals surface area contributed by atoms with Crippen LogP contribution in [0.3, 0.4) is 0 Å². The number of benzene rings is 1. The number of halogens is 2. The van der Waals surface area contributed by atoms with Gasteiger partial charge in [-0.1, -0.05) is 6.07 Å². The van der Waals surface area contributed by atoms with E-state index in [-0.39, 0.29) is 5.56 Å². The standard InChI is InChI=1S/C14H13F2NO3/c15-10-3-1-4-11(16)9(10)6-7-13(18)17-8-2-5-12(17)14(19)20/h1,3-4,6-7,12H,2,5,8H2,(H,19,20)/b7-6+/t12-/m1/s1. The highest BCUT2D eigenvalue weighted by atomic mass is 19.1. The van der Waals surface area contributed by atoms with Crippen LogP contribution in [0.5, 0.6) is 0 Å². The lowest BCUT2D eigenvalue weighted by Gasteiger charge is -2.19. The van der Waals surface area contributed by atoms with Gasteiger partial charge in [0.05, 0.1) is 0 Å². The Hall–Kier alpha value is -2.24. The molecule has 6 heteroatoms. The quantitative estimate of drug-likeness (QED) is 0.863. The lowest BCUT2D eigenvalue weighted by molar-refractivity contribution is -0.146. The molecule has 0 unspecified atom stereocenters. The maximum absolute atomic E-state index is 13.4. The highest BCUT2D eigenvalue weighted by Gasteiger charge is 2.32. The highest BCUT2D eigenvalue weighted by Crippen LogP contribution is 2.19. The molecule has 0 radical (unpaired) electrons. The van der Waals surface area contributed by atoms with Gasteiger partial charge in [0.2, 0.25) is 5.91 Å². The molecular weight excluding hydrogens is 268 g/mol. The van der Waals surface area contributed by atoms with Crippen LogP contribution >= 0.6 is 0 Å². The van der Waals surface area contributed by atoms with Crippen molar-refractivity contribution in [1.82, 2.24) is 4.90 Å². The summed E-state index contributed by atoms with van der Waals surface area (Å²) in [5.74, 6) is -3.17. The average Bonchev–Trinajstić information content (AvgIpc) is 2.87. The largest absolute Gasteiger partial charge is 0.480 e. The number of amides is 1. The molecule has 0 bridgehead atoms. The number of hydrogen-bond acceptors (Lipinski definition) is 2. The van der Waals surface area contributed by atoms with Gasteiger partial charge in [0, 0.05) is 18.2 Å². The number of rotatable bonds is 3. The smallest absolute Gasteiger partial charge is 0.326 e. The van der Waals surface area contributed by atoms with E-state index in [1.54, 1.807) is 0 Å². The van der Waals surface area contributed by atoms with Crippen molar-refractivity contribution in [1.29, 1.82) is 0 Å². The normalized spacial score (nSPS) is 18.7. The lowest BCUT2D eigenvalue weighted by Crippen LogP contribution is -2.39. The SMILES string of the molecule is O=C(O)[C@H]1CCCN1C(=O)/C=C/c1c(F)cccc1F. The van der Waals surface area contributed by atoms with E-state index < -0.39 is 29.6 Å². The van der Waals surface area contributed by atoms with Crippen molar-refractivity contribution in [2.24, 2.45) is 0 Å². The molecule has 1 heterocycles. The van der Waals surface area contributed by atoms with E-state index in [1.807, 2.05) is 0 Å². The fourth-order valence-corrected chi connectivity index (χ4v) is 2.21. The first-order valence-corrected chi connectivity index (χ1v) is 6.16. The fourth-order valence-electron chi connectivity index (χ4n) is 2.21. The molecule has 20 heavy (non-hydrogen) atoms. The zero-order valence-electron chi connectivity index (χ0n) is 10.6. The van der Waals surface area contributed by atoms with Crippen LogP contribution in [0.1, 0.15) is 18.4 Å². The van der Waals surface area contributed by atoms with Gasteiger partial charge in [-0.25, -0.2) is 13.6 Å². The van der Waals surface area contributed by atoms with Crippen molar-refractivity contribution in [2.75, 3.05) is 6.54 Å². The van der Waals surface area contributed by atoms with Crippen LogP contribution in [0.25, 0.3) is 6.08 Å². The maximum Gasteiger partial charge on any atom is 0.326 e. The second kappa shape index (κ2) is 5.81. The summed E-state index contributed by atoms with van der Waals surface area (Å²) in [5, 5.41) is 8.97. The molecular formula is C14H13F2NO3. The van der Waals surface area contributed by atoms with E-state index >= 15 is 0 Å². The molecule has 1 aromatic carbocycles. The molecule has 0 spiro atoms. The van der Waals surface area contributed by atoms with Gasteiger partial charge >= 0.3 is 5.97 Å². The van der Waals surface area contributed by atoms with Crippen molar-refractivity contribution in [3.8, 4) is 0 Å². The van der Waals surface area contributed by atoms with Crippen molar-refractivity contribution in [2.45, 2.75) is 18.9 Å². The van der Waals surface area contributed by atoms with Crippen LogP contribution in [-0.4, -0.2) is 34.5 Å². The Balaban J connectivity index is 2.15. The minimum Gasteiger partial charge on any atom is -0.480 e. The first kappa shape index (κ1) is 14.2. The Morgan fingerprint density at radius 1 is 1.30 bits per heavy atom. The molecule has 1 saturated heterocycles. The molecule has 1 aromatic rings. The molecule has 0 aliphatic carbocycles. The minimum absolute atomic E-state index is 0.313. The molecule has 2 rings (SSSR count). The summed E-state index contributed by atoms with van der Waals surface area (Å²) >= 11 is 0. The zero-order valence-corrected chi connectivity index (χ0v) is 10.6. The summed E-state index contributed by atoms with van der Waals surface area (Å²) < 4.78 is 26.7. The van der Waals surface area contributed by atoms with Gasteiger partial charge in [0.25, 0.3) is 0 Å². The predicted octanol–water partition coefficient (Wildman–Crippen LogP) is 2.05. The number of nitrogens with zero attached hydrogens (tertiary/aromatic N) is 1. The van der Waals surface area contributed by atoms with Gasteiger partial charge in [-0.15, -0.1) is 0 Å². The van der Waals surface area contributed by atoms with E-state index in [2.05, 4.69) is 0 Å². The van der Waals surface area contributed by atoms with Crippen molar-refractivity contribution in [3.05, 3.63) is 41.5 Å². The first-order chi connectivity index (χ1) is 9.50. The number of aliphatic carboxylic acids is 1. The summed E-state index contributed by atoms with van der Waals surface area (Å²) in [6.07, 6.45) is 3.03. The second-order valence-corrected chi connectivity index (χ2v) is 4.50. The average molecular weight is 281 g/mol. The van der Waals surface area contributed by atoms with Gasteiger partial charge in [-0.2, -0.15) is 0 Å². The third-order valence-corrected chi connectivity index (χ3v) is 3.21. The van der Waals surface area contributed by atoms with E-state index in [4.69, 9.17) is 5.11 Å². The molecule has 106 valence electrons. The Morgan fingerprint density at radius 3 is 2.55 bits per heavy atom. The summed E-state index contributed by atoms with van der Waals surface area (Å²) in [5.41, 5.74) is -0.313. The van der Waals surface area contributed by atoms with Gasteiger partial charge in [0.1, 0.15) is 17.7 Å². The maximum atomic E-state index is 13.4.